The van der Waals surface area contributed by atoms with Crippen LogP contribution in [0.5, 0.6) is 5.75 Å². The Hall–Kier alpha value is -1.59. The Labute approximate surface area is 176 Å². The molecule has 5 heteroatoms. The maximum Gasteiger partial charge on any atom is 0.256 e. The third kappa shape index (κ3) is 6.19. The number of likely N-dealkylation sites (tertiary alicyclic amines) is 1. The number of benzene rings is 1. The Balaban J connectivity index is 1.46. The van der Waals surface area contributed by atoms with E-state index in [0.717, 1.165) is 49.1 Å². The number of amides is 1. The van der Waals surface area contributed by atoms with Crippen LogP contribution < -0.4 is 10.1 Å². The number of anilines is 1. The van der Waals surface area contributed by atoms with Crippen LogP contribution in [-0.2, 0) is 9.53 Å². The molecule has 162 valence electrons. The van der Waals surface area contributed by atoms with Crippen molar-refractivity contribution in [2.24, 2.45) is 17.8 Å². The molecular formula is C24H38N2O3. The van der Waals surface area contributed by atoms with E-state index in [1.165, 1.54) is 19.5 Å². The maximum atomic E-state index is 12.8. The third-order valence-electron chi connectivity index (χ3n) is 6.15. The standard InChI is InChI=1S/C24H38N2O3/c1-5-13-29-24(4,20-6-7-20)23(27)25-21-8-10-22(11-9-21)28-14-12-26-16-18(2)15-19(3)17-26/h8-11,18-20H,5-7,12-17H2,1-4H3,(H,25,27). The highest BCUT2D eigenvalue weighted by molar-refractivity contribution is 5.97. The smallest absolute Gasteiger partial charge is 0.256 e. The van der Waals surface area contributed by atoms with Crippen molar-refractivity contribution >= 4 is 11.6 Å². The lowest BCUT2D eigenvalue weighted by Crippen LogP contribution is -2.45. The monoisotopic (exact) mass is 402 g/mol. The molecule has 1 aliphatic heterocycles. The van der Waals surface area contributed by atoms with E-state index in [1.807, 2.05) is 31.2 Å². The van der Waals surface area contributed by atoms with Crippen LogP contribution >= 0.6 is 0 Å². The van der Waals surface area contributed by atoms with E-state index in [9.17, 15) is 4.79 Å². The van der Waals surface area contributed by atoms with Crippen LogP contribution in [0.1, 0.15) is 53.4 Å². The van der Waals surface area contributed by atoms with Gasteiger partial charge in [-0.1, -0.05) is 20.8 Å². The number of nitrogens with one attached hydrogen (secondary N) is 1. The molecule has 1 amide bonds. The highest BCUT2D eigenvalue weighted by Gasteiger charge is 2.48. The molecule has 1 heterocycles. The summed E-state index contributed by atoms with van der Waals surface area (Å²) < 4.78 is 11.9. The van der Waals surface area contributed by atoms with Crippen molar-refractivity contribution in [3.05, 3.63) is 24.3 Å². The van der Waals surface area contributed by atoms with Crippen LogP contribution in [0.4, 0.5) is 5.69 Å². The van der Waals surface area contributed by atoms with Crippen molar-refractivity contribution in [3.63, 3.8) is 0 Å². The number of nitrogens with zero attached hydrogens (tertiary/aromatic N) is 1. The van der Waals surface area contributed by atoms with Crippen LogP contribution in [0.2, 0.25) is 0 Å². The van der Waals surface area contributed by atoms with Gasteiger partial charge in [0.05, 0.1) is 0 Å². The first-order chi connectivity index (χ1) is 13.9. The predicted molar refractivity (Wildman–Crippen MR) is 117 cm³/mol. The van der Waals surface area contributed by atoms with Gasteiger partial charge in [-0.15, -0.1) is 0 Å². The zero-order chi connectivity index (χ0) is 20.9. The summed E-state index contributed by atoms with van der Waals surface area (Å²) >= 11 is 0. The Morgan fingerprint density at radius 2 is 1.79 bits per heavy atom. The summed E-state index contributed by atoms with van der Waals surface area (Å²) in [6.45, 7) is 13.2. The molecule has 2 fully saturated rings. The van der Waals surface area contributed by atoms with Gasteiger partial charge in [-0.25, -0.2) is 0 Å². The molecule has 3 unspecified atom stereocenters. The fraction of sp³-hybridized carbons (Fsp3) is 0.708. The quantitative estimate of drug-likeness (QED) is 0.622. The average Bonchev–Trinajstić information content (AvgIpc) is 3.52. The molecular weight excluding hydrogens is 364 g/mol. The molecule has 1 aromatic rings. The summed E-state index contributed by atoms with van der Waals surface area (Å²) in [5, 5.41) is 3.03. The number of rotatable bonds is 10. The van der Waals surface area contributed by atoms with Crippen LogP contribution in [0.3, 0.4) is 0 Å². The van der Waals surface area contributed by atoms with Crippen LogP contribution in [-0.4, -0.2) is 49.3 Å². The van der Waals surface area contributed by atoms with Crippen molar-refractivity contribution in [3.8, 4) is 5.75 Å². The minimum Gasteiger partial charge on any atom is -0.492 e. The van der Waals surface area contributed by atoms with E-state index in [0.29, 0.717) is 19.1 Å². The Kier molecular flexibility index (Phi) is 7.58. The lowest BCUT2D eigenvalue weighted by Gasteiger charge is -2.34. The molecule has 0 radical (unpaired) electrons. The molecule has 0 spiro atoms. The average molecular weight is 403 g/mol. The van der Waals surface area contributed by atoms with E-state index in [4.69, 9.17) is 9.47 Å². The first kappa shape index (κ1) is 22.1. The molecule has 0 aromatic heterocycles. The largest absolute Gasteiger partial charge is 0.492 e. The topological polar surface area (TPSA) is 50.8 Å². The SMILES string of the molecule is CCCOC(C)(C(=O)Nc1ccc(OCCN2CC(C)CC(C)C2)cc1)C1CC1. The molecule has 3 rings (SSSR count). The maximum absolute atomic E-state index is 12.8. The normalized spacial score (nSPS) is 24.7. The summed E-state index contributed by atoms with van der Waals surface area (Å²) in [6, 6.07) is 7.67. The van der Waals surface area contributed by atoms with Gasteiger partial charge in [0.25, 0.3) is 5.91 Å². The van der Waals surface area contributed by atoms with Gasteiger partial charge < -0.3 is 14.8 Å². The van der Waals surface area contributed by atoms with Crippen molar-refractivity contribution < 1.29 is 14.3 Å². The van der Waals surface area contributed by atoms with Crippen LogP contribution in [0, 0.1) is 17.8 Å². The number of piperidine rings is 1. The minimum absolute atomic E-state index is 0.0459. The molecule has 3 atom stereocenters. The third-order valence-corrected chi connectivity index (χ3v) is 6.15. The second kappa shape index (κ2) is 9.94. The second-order valence-corrected chi connectivity index (χ2v) is 9.26. The van der Waals surface area contributed by atoms with E-state index in [-0.39, 0.29) is 5.91 Å². The highest BCUT2D eigenvalue weighted by atomic mass is 16.5. The van der Waals surface area contributed by atoms with Crippen molar-refractivity contribution in [2.45, 2.75) is 59.0 Å². The number of hydrogen-bond donors (Lipinski definition) is 1. The van der Waals surface area contributed by atoms with Crippen molar-refractivity contribution in [1.29, 1.82) is 0 Å². The summed E-state index contributed by atoms with van der Waals surface area (Å²) in [7, 11) is 0. The zero-order valence-electron chi connectivity index (χ0n) is 18.6. The predicted octanol–water partition coefficient (Wildman–Crippen LogP) is 4.58. The summed E-state index contributed by atoms with van der Waals surface area (Å²) in [5.74, 6) is 2.66. The summed E-state index contributed by atoms with van der Waals surface area (Å²) in [4.78, 5) is 15.3. The van der Waals surface area contributed by atoms with E-state index >= 15 is 0 Å². The molecule has 1 N–H and O–H groups in total. The molecule has 1 saturated heterocycles. The lowest BCUT2D eigenvalue weighted by molar-refractivity contribution is -0.142. The number of carbonyl (C=O) groups excluding carboxylic acids is 1. The molecule has 5 nitrogen and oxygen atoms in total. The zero-order valence-corrected chi connectivity index (χ0v) is 18.6. The first-order valence-electron chi connectivity index (χ1n) is 11.3. The van der Waals surface area contributed by atoms with Gasteiger partial charge in [0, 0.05) is 31.9 Å². The van der Waals surface area contributed by atoms with Crippen molar-refractivity contribution in [2.75, 3.05) is 38.2 Å². The molecule has 0 bridgehead atoms. The van der Waals surface area contributed by atoms with Gasteiger partial charge in [0.1, 0.15) is 18.0 Å². The van der Waals surface area contributed by atoms with E-state index in [1.54, 1.807) is 0 Å². The van der Waals surface area contributed by atoms with Gasteiger partial charge in [0.15, 0.2) is 0 Å². The molecule has 29 heavy (non-hydrogen) atoms. The minimum atomic E-state index is -0.728. The summed E-state index contributed by atoms with van der Waals surface area (Å²) in [5.41, 5.74) is 0.0569. The number of ether oxygens (including phenoxy) is 2. The Bertz CT molecular complexity index is 649. The van der Waals surface area contributed by atoms with Crippen LogP contribution in [0.15, 0.2) is 24.3 Å². The van der Waals surface area contributed by atoms with Crippen LogP contribution in [0.25, 0.3) is 0 Å². The molecule has 2 aliphatic rings. The summed E-state index contributed by atoms with van der Waals surface area (Å²) in [6.07, 6.45) is 4.37. The van der Waals surface area contributed by atoms with Gasteiger partial charge in [-0.2, -0.15) is 0 Å². The molecule has 1 aromatic carbocycles. The van der Waals surface area contributed by atoms with E-state index in [2.05, 4.69) is 31.0 Å². The Morgan fingerprint density at radius 1 is 1.14 bits per heavy atom. The van der Waals surface area contributed by atoms with Gasteiger partial charge in [0.2, 0.25) is 0 Å². The van der Waals surface area contributed by atoms with E-state index < -0.39 is 5.60 Å². The van der Waals surface area contributed by atoms with Gasteiger partial charge >= 0.3 is 0 Å². The lowest BCUT2D eigenvalue weighted by atomic mass is 9.92. The fourth-order valence-corrected chi connectivity index (χ4v) is 4.47. The molecule has 1 saturated carbocycles. The number of hydrogen-bond acceptors (Lipinski definition) is 4. The highest BCUT2D eigenvalue weighted by Crippen LogP contribution is 2.42. The van der Waals surface area contributed by atoms with Gasteiger partial charge in [-0.05, 0) is 74.6 Å². The van der Waals surface area contributed by atoms with Gasteiger partial charge in [-0.3, -0.25) is 9.69 Å². The molecule has 1 aliphatic carbocycles. The first-order valence-corrected chi connectivity index (χ1v) is 11.3. The number of carbonyl (C=O) groups is 1. The fourth-order valence-electron chi connectivity index (χ4n) is 4.47. The Morgan fingerprint density at radius 3 is 2.38 bits per heavy atom. The second-order valence-electron chi connectivity index (χ2n) is 9.26. The van der Waals surface area contributed by atoms with Crippen molar-refractivity contribution in [1.82, 2.24) is 4.90 Å².